The second-order valence-electron chi connectivity index (χ2n) is 11.4. The summed E-state index contributed by atoms with van der Waals surface area (Å²) in [6.07, 6.45) is 11.4. The Morgan fingerprint density at radius 1 is 1.26 bits per heavy atom. The van der Waals surface area contributed by atoms with Crippen LogP contribution in [0.2, 0.25) is 0 Å². The molecular formula is C31H36F2N6O3. The molecule has 222 valence electrons. The van der Waals surface area contributed by atoms with Crippen molar-refractivity contribution < 1.29 is 18.3 Å². The van der Waals surface area contributed by atoms with E-state index in [2.05, 4.69) is 26.9 Å². The lowest BCUT2D eigenvalue weighted by atomic mass is 10.0. The van der Waals surface area contributed by atoms with Gasteiger partial charge in [-0.1, -0.05) is 0 Å². The van der Waals surface area contributed by atoms with E-state index in [1.54, 1.807) is 25.6 Å². The van der Waals surface area contributed by atoms with Crippen LogP contribution in [0.5, 0.6) is 5.75 Å². The van der Waals surface area contributed by atoms with Crippen LogP contribution < -0.4 is 20.8 Å². The first-order chi connectivity index (χ1) is 20.2. The number of nitrogens with two attached hydrogens (primary N) is 1. The SMILES string of the molecule is COC1C=C(CN(Cc2cn3c4c(c(F)c(F)cc4c2=O)OCC3C)C2CCCN(c3ccc(N)nc3)C2)C=CN1C. The molecule has 3 atom stereocenters. The average Bonchev–Trinajstić information content (AvgIpc) is 2.99. The van der Waals surface area contributed by atoms with E-state index in [1.165, 1.54) is 0 Å². The highest BCUT2D eigenvalue weighted by atomic mass is 19.2. The summed E-state index contributed by atoms with van der Waals surface area (Å²) >= 11 is 0. The number of nitrogen functional groups attached to an aromatic ring is 1. The summed E-state index contributed by atoms with van der Waals surface area (Å²) < 4.78 is 42.3. The second kappa shape index (κ2) is 11.4. The maximum Gasteiger partial charge on any atom is 0.202 e. The Morgan fingerprint density at radius 3 is 2.86 bits per heavy atom. The van der Waals surface area contributed by atoms with Crippen molar-refractivity contribution in [3.05, 3.63) is 81.9 Å². The number of likely N-dealkylation sites (N-methyl/N-ethyl adjacent to an activating group) is 1. The van der Waals surface area contributed by atoms with E-state index in [-0.39, 0.29) is 41.5 Å². The molecule has 3 aromatic rings. The largest absolute Gasteiger partial charge is 0.486 e. The molecule has 0 saturated carbocycles. The number of piperidine rings is 1. The van der Waals surface area contributed by atoms with Gasteiger partial charge in [0.2, 0.25) is 5.82 Å². The number of pyridine rings is 2. The third-order valence-electron chi connectivity index (χ3n) is 8.51. The zero-order valence-electron chi connectivity index (χ0n) is 24.1. The Kier molecular flexibility index (Phi) is 7.63. The second-order valence-corrected chi connectivity index (χ2v) is 11.4. The summed E-state index contributed by atoms with van der Waals surface area (Å²) in [7, 11) is 3.63. The van der Waals surface area contributed by atoms with E-state index in [4.69, 9.17) is 15.2 Å². The normalized spacial score (nSPS) is 22.0. The van der Waals surface area contributed by atoms with Gasteiger partial charge in [0.25, 0.3) is 0 Å². The molecule has 5 heterocycles. The number of rotatable bonds is 7. The van der Waals surface area contributed by atoms with E-state index >= 15 is 0 Å². The Labute approximate surface area is 243 Å². The fourth-order valence-electron chi connectivity index (χ4n) is 6.20. The molecule has 0 bridgehead atoms. The van der Waals surface area contributed by atoms with Crippen molar-refractivity contribution in [2.24, 2.45) is 0 Å². The fraction of sp³-hybridized carbons (Fsp3) is 0.419. The summed E-state index contributed by atoms with van der Waals surface area (Å²) in [5.74, 6) is -1.87. The smallest absolute Gasteiger partial charge is 0.202 e. The van der Waals surface area contributed by atoms with Crippen molar-refractivity contribution in [2.75, 3.05) is 51.0 Å². The summed E-state index contributed by atoms with van der Waals surface area (Å²) in [6, 6.07) is 4.75. The lowest BCUT2D eigenvalue weighted by Crippen LogP contribution is -2.49. The summed E-state index contributed by atoms with van der Waals surface area (Å²) in [6.45, 7) is 4.69. The number of ether oxygens (including phenoxy) is 2. The standard InChI is InChI=1S/C31H36F2N6O3/c1-19-18-42-31-28(33)25(32)12-24-29(31)39(19)16-21(30(24)40)15-38(14-20-8-10-36(2)27(11-20)41-3)23-5-4-9-37(17-23)22-6-7-26(34)35-13-22/h6-8,10-13,16,19,23,27H,4-5,9,14-15,17-18H2,1-3H3,(H2,34,35). The molecular weight excluding hydrogens is 542 g/mol. The molecule has 0 spiro atoms. The molecule has 3 aliphatic heterocycles. The fourth-order valence-corrected chi connectivity index (χ4v) is 6.20. The van der Waals surface area contributed by atoms with Crippen molar-refractivity contribution in [3.63, 3.8) is 0 Å². The van der Waals surface area contributed by atoms with Gasteiger partial charge in [0.1, 0.15) is 18.7 Å². The predicted molar refractivity (Wildman–Crippen MR) is 158 cm³/mol. The third-order valence-corrected chi connectivity index (χ3v) is 8.51. The molecule has 6 rings (SSSR count). The molecule has 0 radical (unpaired) electrons. The zero-order chi connectivity index (χ0) is 29.5. The molecule has 2 N–H and O–H groups in total. The Balaban J connectivity index is 1.38. The van der Waals surface area contributed by atoms with Gasteiger partial charge in [0.15, 0.2) is 17.0 Å². The van der Waals surface area contributed by atoms with Crippen LogP contribution in [0, 0.1) is 11.6 Å². The third kappa shape index (κ3) is 5.22. The number of benzene rings is 1. The van der Waals surface area contributed by atoms with Crippen molar-refractivity contribution >= 4 is 22.4 Å². The van der Waals surface area contributed by atoms with Crippen LogP contribution in [0.4, 0.5) is 20.3 Å². The molecule has 2 aromatic heterocycles. The van der Waals surface area contributed by atoms with E-state index in [9.17, 15) is 13.6 Å². The number of hydrogen-bond donors (Lipinski definition) is 1. The number of anilines is 2. The van der Waals surface area contributed by atoms with Crippen molar-refractivity contribution in [2.45, 2.75) is 44.6 Å². The van der Waals surface area contributed by atoms with Crippen LogP contribution >= 0.6 is 0 Å². The zero-order valence-corrected chi connectivity index (χ0v) is 24.1. The number of halogens is 2. The van der Waals surface area contributed by atoms with Crippen molar-refractivity contribution in [3.8, 4) is 5.75 Å². The van der Waals surface area contributed by atoms with Crippen LogP contribution in [0.25, 0.3) is 10.9 Å². The molecule has 42 heavy (non-hydrogen) atoms. The summed E-state index contributed by atoms with van der Waals surface area (Å²) in [5.41, 5.74) is 8.41. The van der Waals surface area contributed by atoms with Gasteiger partial charge < -0.3 is 29.6 Å². The minimum atomic E-state index is -1.09. The lowest BCUT2D eigenvalue weighted by Gasteiger charge is -2.41. The first kappa shape index (κ1) is 28.2. The monoisotopic (exact) mass is 578 g/mol. The molecule has 11 heteroatoms. The van der Waals surface area contributed by atoms with Gasteiger partial charge in [-0.25, -0.2) is 9.37 Å². The van der Waals surface area contributed by atoms with Crippen LogP contribution in [-0.4, -0.2) is 72.0 Å². The van der Waals surface area contributed by atoms with Crippen molar-refractivity contribution in [1.29, 1.82) is 0 Å². The van der Waals surface area contributed by atoms with Gasteiger partial charge in [-0.15, -0.1) is 0 Å². The average molecular weight is 579 g/mol. The summed E-state index contributed by atoms with van der Waals surface area (Å²) in [5, 5.41) is 0.129. The Hall–Kier alpha value is -3.96. The Bertz CT molecular complexity index is 1610. The van der Waals surface area contributed by atoms with Gasteiger partial charge in [-0.3, -0.25) is 9.69 Å². The molecule has 1 aromatic carbocycles. The van der Waals surface area contributed by atoms with Crippen LogP contribution in [-0.2, 0) is 11.3 Å². The van der Waals surface area contributed by atoms with Gasteiger partial charge in [-0.05, 0) is 55.7 Å². The maximum atomic E-state index is 14.6. The number of nitrogens with zero attached hydrogens (tertiary/aromatic N) is 5. The minimum absolute atomic E-state index is 0.115. The minimum Gasteiger partial charge on any atom is -0.486 e. The van der Waals surface area contributed by atoms with Gasteiger partial charge in [-0.2, -0.15) is 4.39 Å². The van der Waals surface area contributed by atoms with Gasteiger partial charge in [0.05, 0.1) is 28.8 Å². The highest BCUT2D eigenvalue weighted by Gasteiger charge is 2.30. The molecule has 1 fully saturated rings. The van der Waals surface area contributed by atoms with E-state index in [1.807, 2.05) is 35.7 Å². The molecule has 3 unspecified atom stereocenters. The topological polar surface area (TPSA) is 89.1 Å². The van der Waals surface area contributed by atoms with Crippen LogP contribution in [0.15, 0.2) is 59.3 Å². The molecule has 0 aliphatic carbocycles. The molecule has 0 amide bonds. The maximum absolute atomic E-state index is 14.6. The van der Waals surface area contributed by atoms with Gasteiger partial charge >= 0.3 is 0 Å². The highest BCUT2D eigenvalue weighted by Crippen LogP contribution is 2.35. The molecule has 3 aliphatic rings. The van der Waals surface area contributed by atoms with Crippen LogP contribution in [0.3, 0.4) is 0 Å². The highest BCUT2D eigenvalue weighted by molar-refractivity contribution is 5.86. The molecule has 9 nitrogen and oxygen atoms in total. The Morgan fingerprint density at radius 2 is 2.10 bits per heavy atom. The van der Waals surface area contributed by atoms with Gasteiger partial charge in [0, 0.05) is 64.3 Å². The summed E-state index contributed by atoms with van der Waals surface area (Å²) in [4.78, 5) is 24.7. The predicted octanol–water partition coefficient (Wildman–Crippen LogP) is 4.04. The number of aromatic nitrogens is 2. The van der Waals surface area contributed by atoms with E-state index in [0.29, 0.717) is 30.0 Å². The van der Waals surface area contributed by atoms with E-state index < -0.39 is 11.6 Å². The molecule has 1 saturated heterocycles. The van der Waals surface area contributed by atoms with Crippen molar-refractivity contribution in [1.82, 2.24) is 19.4 Å². The number of hydrogen-bond acceptors (Lipinski definition) is 8. The van der Waals surface area contributed by atoms with Crippen LogP contribution in [0.1, 0.15) is 31.4 Å². The quantitative estimate of drug-likeness (QED) is 0.450. The number of methoxy groups -OCH3 is 1. The first-order valence-electron chi connectivity index (χ1n) is 14.3. The lowest BCUT2D eigenvalue weighted by molar-refractivity contribution is 0.0432. The first-order valence-corrected chi connectivity index (χ1v) is 14.3. The van der Waals surface area contributed by atoms with E-state index in [0.717, 1.165) is 43.3 Å².